The molecule has 2 rings (SSSR count). The van der Waals surface area contributed by atoms with E-state index >= 15 is 0 Å². The summed E-state index contributed by atoms with van der Waals surface area (Å²) in [4.78, 5) is 0. The summed E-state index contributed by atoms with van der Waals surface area (Å²) < 4.78 is 6.20. The van der Waals surface area contributed by atoms with Crippen LogP contribution in [-0.2, 0) is 0 Å². The van der Waals surface area contributed by atoms with Gasteiger partial charge in [0, 0.05) is 10.2 Å². The Morgan fingerprint density at radius 2 is 1.81 bits per heavy atom. The maximum Gasteiger partial charge on any atom is 0.171 e. The molecule has 2 aromatic rings. The quantitative estimate of drug-likeness (QED) is 0.782. The van der Waals surface area contributed by atoms with Crippen molar-refractivity contribution in [3.63, 3.8) is 0 Å². The predicted octanol–water partition coefficient (Wildman–Crippen LogP) is 4.51. The molecule has 110 valence electrons. The molecule has 2 N–H and O–H groups in total. The van der Waals surface area contributed by atoms with Gasteiger partial charge in [0.05, 0.1) is 13.2 Å². The highest BCUT2D eigenvalue weighted by Crippen LogP contribution is 2.23. The molecule has 0 saturated heterocycles. The number of nitrogens with one attached hydrogen (secondary N) is 2. The average molecular weight is 365 g/mol. The van der Waals surface area contributed by atoms with E-state index in [1.54, 1.807) is 7.11 Å². The summed E-state index contributed by atoms with van der Waals surface area (Å²) in [5.74, 6) is 0.820. The van der Waals surface area contributed by atoms with Gasteiger partial charge >= 0.3 is 0 Å². The van der Waals surface area contributed by atoms with Crippen LogP contribution in [0.1, 0.15) is 18.5 Å². The Kier molecular flexibility index (Phi) is 5.59. The Hall–Kier alpha value is -1.59. The normalized spacial score (nSPS) is 11.6. The summed E-state index contributed by atoms with van der Waals surface area (Å²) in [6.45, 7) is 2.07. The van der Waals surface area contributed by atoms with Gasteiger partial charge in [0.2, 0.25) is 0 Å². The Labute approximate surface area is 138 Å². The third-order valence-corrected chi connectivity index (χ3v) is 4.01. The zero-order chi connectivity index (χ0) is 15.2. The number of anilines is 1. The third-order valence-electron chi connectivity index (χ3n) is 3.07. The molecule has 0 radical (unpaired) electrons. The van der Waals surface area contributed by atoms with E-state index in [1.807, 2.05) is 42.5 Å². The first-order valence-corrected chi connectivity index (χ1v) is 7.76. The fraction of sp³-hybridized carbons (Fsp3) is 0.188. The van der Waals surface area contributed by atoms with Crippen LogP contribution in [-0.4, -0.2) is 12.2 Å². The van der Waals surface area contributed by atoms with Crippen molar-refractivity contribution in [2.45, 2.75) is 13.0 Å². The lowest BCUT2D eigenvalue weighted by Gasteiger charge is -2.18. The van der Waals surface area contributed by atoms with Crippen molar-refractivity contribution in [2.24, 2.45) is 0 Å². The predicted molar refractivity (Wildman–Crippen MR) is 94.9 cm³/mol. The molecule has 0 aliphatic carbocycles. The first kappa shape index (κ1) is 15.8. The van der Waals surface area contributed by atoms with Crippen LogP contribution in [0.4, 0.5) is 5.69 Å². The average Bonchev–Trinajstić information content (AvgIpc) is 2.48. The molecule has 0 aliphatic rings. The second kappa shape index (κ2) is 7.43. The molecule has 0 bridgehead atoms. The van der Waals surface area contributed by atoms with Crippen LogP contribution in [0.2, 0.25) is 0 Å². The second-order valence-electron chi connectivity index (χ2n) is 4.57. The monoisotopic (exact) mass is 364 g/mol. The lowest BCUT2D eigenvalue weighted by atomic mass is 10.1. The minimum Gasteiger partial charge on any atom is -0.497 e. The van der Waals surface area contributed by atoms with Crippen molar-refractivity contribution < 1.29 is 4.74 Å². The van der Waals surface area contributed by atoms with E-state index in [9.17, 15) is 0 Å². The van der Waals surface area contributed by atoms with Crippen LogP contribution in [0.25, 0.3) is 0 Å². The Balaban J connectivity index is 1.96. The number of hydrogen-bond donors (Lipinski definition) is 2. The fourth-order valence-corrected chi connectivity index (χ4v) is 2.86. The fourth-order valence-electron chi connectivity index (χ4n) is 1.94. The first-order chi connectivity index (χ1) is 10.1. The van der Waals surface area contributed by atoms with Crippen molar-refractivity contribution in [1.29, 1.82) is 0 Å². The summed E-state index contributed by atoms with van der Waals surface area (Å²) in [5, 5.41) is 7.02. The van der Waals surface area contributed by atoms with E-state index in [0.717, 1.165) is 21.5 Å². The molecule has 1 atom stereocenters. The van der Waals surface area contributed by atoms with E-state index in [1.165, 1.54) is 0 Å². The first-order valence-electron chi connectivity index (χ1n) is 6.56. The van der Waals surface area contributed by atoms with E-state index in [-0.39, 0.29) is 6.04 Å². The summed E-state index contributed by atoms with van der Waals surface area (Å²) in [6, 6.07) is 15.8. The van der Waals surface area contributed by atoms with Gasteiger partial charge in [-0.15, -0.1) is 0 Å². The van der Waals surface area contributed by atoms with Gasteiger partial charge < -0.3 is 15.4 Å². The number of rotatable bonds is 4. The SMILES string of the molecule is COc1ccc(NC(=S)N[C@@H](C)c2ccccc2Br)cc1. The van der Waals surface area contributed by atoms with Crippen LogP contribution in [0, 0.1) is 0 Å². The van der Waals surface area contributed by atoms with Gasteiger partial charge in [-0.25, -0.2) is 0 Å². The third kappa shape index (κ3) is 4.44. The van der Waals surface area contributed by atoms with Gasteiger partial charge in [-0.05, 0) is 55.0 Å². The smallest absolute Gasteiger partial charge is 0.171 e. The van der Waals surface area contributed by atoms with Crippen molar-refractivity contribution in [3.8, 4) is 5.75 Å². The van der Waals surface area contributed by atoms with Gasteiger partial charge in [-0.1, -0.05) is 34.1 Å². The summed E-state index contributed by atoms with van der Waals surface area (Å²) >= 11 is 8.90. The maximum absolute atomic E-state index is 5.35. The Morgan fingerprint density at radius 1 is 1.14 bits per heavy atom. The van der Waals surface area contributed by atoms with Crippen molar-refractivity contribution >= 4 is 38.9 Å². The van der Waals surface area contributed by atoms with Gasteiger partial charge in [0.25, 0.3) is 0 Å². The van der Waals surface area contributed by atoms with E-state index in [2.05, 4.69) is 39.6 Å². The van der Waals surface area contributed by atoms with Crippen LogP contribution >= 0.6 is 28.1 Å². The molecule has 0 spiro atoms. The molecule has 21 heavy (non-hydrogen) atoms. The second-order valence-corrected chi connectivity index (χ2v) is 5.83. The van der Waals surface area contributed by atoms with Crippen molar-refractivity contribution in [3.05, 3.63) is 58.6 Å². The van der Waals surface area contributed by atoms with E-state index < -0.39 is 0 Å². The molecule has 0 unspecified atom stereocenters. The maximum atomic E-state index is 5.35. The van der Waals surface area contributed by atoms with Crippen LogP contribution in [0.5, 0.6) is 5.75 Å². The molecule has 0 saturated carbocycles. The minimum atomic E-state index is 0.110. The van der Waals surface area contributed by atoms with E-state index in [4.69, 9.17) is 17.0 Å². The lowest BCUT2D eigenvalue weighted by Crippen LogP contribution is -2.31. The molecular formula is C16H17BrN2OS. The molecule has 5 heteroatoms. The van der Waals surface area contributed by atoms with Crippen LogP contribution in [0.3, 0.4) is 0 Å². The molecule has 0 heterocycles. The molecule has 0 aromatic heterocycles. The largest absolute Gasteiger partial charge is 0.497 e. The van der Waals surface area contributed by atoms with Crippen LogP contribution < -0.4 is 15.4 Å². The number of thiocarbonyl (C=S) groups is 1. The zero-order valence-corrected chi connectivity index (χ0v) is 14.3. The summed E-state index contributed by atoms with van der Waals surface area (Å²) in [5.41, 5.74) is 2.09. The number of ether oxygens (including phenoxy) is 1. The highest BCUT2D eigenvalue weighted by atomic mass is 79.9. The van der Waals surface area contributed by atoms with Gasteiger partial charge in [0.1, 0.15) is 5.75 Å². The highest BCUT2D eigenvalue weighted by Gasteiger charge is 2.09. The highest BCUT2D eigenvalue weighted by molar-refractivity contribution is 9.10. The molecule has 0 aliphatic heterocycles. The molecule has 3 nitrogen and oxygen atoms in total. The van der Waals surface area contributed by atoms with Gasteiger partial charge in [0.15, 0.2) is 5.11 Å². The number of halogens is 1. The zero-order valence-electron chi connectivity index (χ0n) is 11.9. The molecule has 0 fully saturated rings. The molecule has 0 amide bonds. The Morgan fingerprint density at radius 3 is 2.43 bits per heavy atom. The van der Waals surface area contributed by atoms with Crippen LogP contribution in [0.15, 0.2) is 53.0 Å². The standard InChI is InChI=1S/C16H17BrN2OS/c1-11(14-5-3-4-6-15(14)17)18-16(21)19-12-7-9-13(20-2)10-8-12/h3-11H,1-2H3,(H2,18,19,21)/t11-/m0/s1. The minimum absolute atomic E-state index is 0.110. The number of hydrogen-bond acceptors (Lipinski definition) is 2. The van der Waals surface area contributed by atoms with Crippen molar-refractivity contribution in [1.82, 2.24) is 5.32 Å². The summed E-state index contributed by atoms with van der Waals surface area (Å²) in [6.07, 6.45) is 0. The topological polar surface area (TPSA) is 33.3 Å². The van der Waals surface area contributed by atoms with Crippen molar-refractivity contribution in [2.75, 3.05) is 12.4 Å². The van der Waals surface area contributed by atoms with Gasteiger partial charge in [-0.3, -0.25) is 0 Å². The summed E-state index contributed by atoms with van der Waals surface area (Å²) in [7, 11) is 1.65. The lowest BCUT2D eigenvalue weighted by molar-refractivity contribution is 0.415. The number of benzene rings is 2. The number of methoxy groups -OCH3 is 1. The molecule has 2 aromatic carbocycles. The van der Waals surface area contributed by atoms with Gasteiger partial charge in [-0.2, -0.15) is 0 Å². The Bertz CT molecular complexity index is 616. The molecular weight excluding hydrogens is 348 g/mol. The van der Waals surface area contributed by atoms with E-state index in [0.29, 0.717) is 5.11 Å².